The molecule has 1 rings (SSSR count). The number of alkyl halides is 2. The molecule has 0 N–H and O–H groups in total. The molecule has 3 nitrogen and oxygen atoms in total. The van der Waals surface area contributed by atoms with Crippen LogP contribution in [-0.2, 0) is 20.9 Å². The van der Waals surface area contributed by atoms with Crippen molar-refractivity contribution in [3.63, 3.8) is 0 Å². The van der Waals surface area contributed by atoms with Crippen molar-refractivity contribution in [2.45, 2.75) is 25.6 Å². The molecule has 0 heterocycles. The van der Waals surface area contributed by atoms with Gasteiger partial charge in [-0.25, -0.2) is 13.6 Å². The van der Waals surface area contributed by atoms with Crippen LogP contribution in [0.15, 0.2) is 30.3 Å². The summed E-state index contributed by atoms with van der Waals surface area (Å²) in [5.41, 5.74) is -1.48. The maximum Gasteiger partial charge on any atom is 0.344 e. The van der Waals surface area contributed by atoms with Gasteiger partial charge >= 0.3 is 5.97 Å². The minimum Gasteiger partial charge on any atom is -0.459 e. The topological polar surface area (TPSA) is 35.5 Å². The van der Waals surface area contributed by atoms with Crippen molar-refractivity contribution in [3.8, 4) is 0 Å². The van der Waals surface area contributed by atoms with Crippen molar-refractivity contribution in [1.82, 2.24) is 0 Å². The van der Waals surface area contributed by atoms with Gasteiger partial charge in [-0.2, -0.15) is 0 Å². The lowest BCUT2D eigenvalue weighted by Gasteiger charge is -2.24. The van der Waals surface area contributed by atoms with Crippen LogP contribution in [-0.4, -0.2) is 25.1 Å². The molecule has 0 aliphatic rings. The molecule has 5 heteroatoms. The fraction of sp³-hybridized carbons (Fsp3) is 0.417. The van der Waals surface area contributed by atoms with Crippen molar-refractivity contribution >= 4 is 5.97 Å². The zero-order valence-electron chi connectivity index (χ0n) is 9.65. The number of halogens is 2. The third kappa shape index (κ3) is 3.23. The maximum atomic E-state index is 12.6. The number of carbonyl (C=O) groups excluding carboxylic acids is 1. The molecular formula is C12H14F2O3. The average Bonchev–Trinajstić information content (AvgIpc) is 2.35. The first kappa shape index (κ1) is 13.6. The Morgan fingerprint density at radius 2 is 1.94 bits per heavy atom. The molecule has 94 valence electrons. The molecule has 0 amide bonds. The largest absolute Gasteiger partial charge is 0.459 e. The lowest BCUT2D eigenvalue weighted by atomic mass is 10.1. The molecule has 0 radical (unpaired) electrons. The van der Waals surface area contributed by atoms with Crippen LogP contribution < -0.4 is 0 Å². The third-order valence-corrected chi connectivity index (χ3v) is 2.46. The number of carbonyl (C=O) groups is 1. The smallest absolute Gasteiger partial charge is 0.344 e. The van der Waals surface area contributed by atoms with E-state index in [1.807, 2.05) is 6.07 Å². The molecule has 1 unspecified atom stereocenters. The van der Waals surface area contributed by atoms with Gasteiger partial charge in [0.15, 0.2) is 0 Å². The highest BCUT2D eigenvalue weighted by atomic mass is 19.3. The van der Waals surface area contributed by atoms with Gasteiger partial charge in [0, 0.05) is 7.11 Å². The average molecular weight is 244 g/mol. The van der Waals surface area contributed by atoms with E-state index in [2.05, 4.69) is 4.74 Å². The maximum absolute atomic E-state index is 12.6. The first-order valence-electron chi connectivity index (χ1n) is 5.05. The molecule has 0 aliphatic heterocycles. The quantitative estimate of drug-likeness (QED) is 0.746. The predicted octanol–water partition coefficient (Wildman–Crippen LogP) is 2.40. The van der Waals surface area contributed by atoms with E-state index in [1.165, 1.54) is 0 Å². The minimum absolute atomic E-state index is 0.0503. The Morgan fingerprint density at radius 3 is 2.41 bits per heavy atom. The highest BCUT2D eigenvalue weighted by Crippen LogP contribution is 2.21. The Balaban J connectivity index is 2.61. The summed E-state index contributed by atoms with van der Waals surface area (Å²) in [5.74, 6) is -1.07. The van der Waals surface area contributed by atoms with Gasteiger partial charge in [-0.3, -0.25) is 0 Å². The Labute approximate surface area is 98.3 Å². The molecule has 0 saturated carbocycles. The van der Waals surface area contributed by atoms with E-state index >= 15 is 0 Å². The van der Waals surface area contributed by atoms with E-state index in [4.69, 9.17) is 4.74 Å². The summed E-state index contributed by atoms with van der Waals surface area (Å²) in [6, 6.07) is 8.82. The lowest BCUT2D eigenvalue weighted by molar-refractivity contribution is -0.186. The monoisotopic (exact) mass is 244 g/mol. The summed E-state index contributed by atoms with van der Waals surface area (Å²) < 4.78 is 34.6. The summed E-state index contributed by atoms with van der Waals surface area (Å²) in [4.78, 5) is 11.5. The SMILES string of the molecule is COC(C)(C(=O)OCc1ccccc1)C(F)F. The van der Waals surface area contributed by atoms with Crippen molar-refractivity contribution in [2.24, 2.45) is 0 Å². The fourth-order valence-corrected chi connectivity index (χ4v) is 1.13. The van der Waals surface area contributed by atoms with E-state index in [9.17, 15) is 13.6 Å². The van der Waals surface area contributed by atoms with Gasteiger partial charge in [0.05, 0.1) is 0 Å². The number of hydrogen-bond acceptors (Lipinski definition) is 3. The van der Waals surface area contributed by atoms with Crippen molar-refractivity contribution in [3.05, 3.63) is 35.9 Å². The Kier molecular flexibility index (Phi) is 4.57. The van der Waals surface area contributed by atoms with Crippen LogP contribution in [0.3, 0.4) is 0 Å². The summed E-state index contributed by atoms with van der Waals surface area (Å²) in [6.07, 6.45) is -2.93. The Hall–Kier alpha value is -1.49. The van der Waals surface area contributed by atoms with Crippen LogP contribution in [0.25, 0.3) is 0 Å². The van der Waals surface area contributed by atoms with Crippen molar-refractivity contribution in [2.75, 3.05) is 7.11 Å². The molecule has 0 aromatic heterocycles. The van der Waals surface area contributed by atoms with E-state index in [0.29, 0.717) is 0 Å². The molecule has 0 bridgehead atoms. The lowest BCUT2D eigenvalue weighted by Crippen LogP contribution is -2.45. The molecule has 1 atom stereocenters. The van der Waals surface area contributed by atoms with Gasteiger partial charge in [0.2, 0.25) is 5.60 Å². The first-order chi connectivity index (χ1) is 8.00. The highest BCUT2D eigenvalue weighted by Gasteiger charge is 2.44. The standard InChI is InChI=1S/C12H14F2O3/c1-12(16-2,10(13)14)11(15)17-8-9-6-4-3-5-7-9/h3-7,10H,8H2,1-2H3. The van der Waals surface area contributed by atoms with Crippen molar-refractivity contribution in [1.29, 1.82) is 0 Å². The summed E-state index contributed by atoms with van der Waals surface area (Å²) >= 11 is 0. The molecule has 0 aliphatic carbocycles. The molecule has 1 aromatic carbocycles. The van der Waals surface area contributed by atoms with Gasteiger partial charge in [0.1, 0.15) is 6.61 Å². The Morgan fingerprint density at radius 1 is 1.35 bits per heavy atom. The van der Waals surface area contributed by atoms with Crippen LogP contribution in [0, 0.1) is 0 Å². The van der Waals surface area contributed by atoms with Crippen LogP contribution in [0.2, 0.25) is 0 Å². The zero-order valence-corrected chi connectivity index (χ0v) is 9.65. The zero-order chi connectivity index (χ0) is 12.9. The Bertz CT molecular complexity index is 367. The van der Waals surface area contributed by atoms with Crippen molar-refractivity contribution < 1.29 is 23.0 Å². The van der Waals surface area contributed by atoms with E-state index in [0.717, 1.165) is 19.6 Å². The van der Waals surface area contributed by atoms with E-state index in [1.54, 1.807) is 24.3 Å². The number of benzene rings is 1. The second-order valence-electron chi connectivity index (χ2n) is 3.67. The second kappa shape index (κ2) is 5.72. The van der Waals surface area contributed by atoms with Gasteiger partial charge in [0.25, 0.3) is 6.43 Å². The van der Waals surface area contributed by atoms with Crippen LogP contribution in [0.1, 0.15) is 12.5 Å². The van der Waals surface area contributed by atoms with E-state index in [-0.39, 0.29) is 6.61 Å². The van der Waals surface area contributed by atoms with Gasteiger partial charge in [-0.05, 0) is 12.5 Å². The number of hydrogen-bond donors (Lipinski definition) is 0. The molecule has 0 fully saturated rings. The molecule has 0 spiro atoms. The number of esters is 1. The predicted molar refractivity (Wildman–Crippen MR) is 57.7 cm³/mol. The molecule has 0 saturated heterocycles. The normalized spacial score (nSPS) is 14.4. The molecular weight excluding hydrogens is 230 g/mol. The number of rotatable bonds is 5. The van der Waals surface area contributed by atoms with Crippen LogP contribution in [0.5, 0.6) is 0 Å². The van der Waals surface area contributed by atoms with Gasteiger partial charge in [-0.15, -0.1) is 0 Å². The van der Waals surface area contributed by atoms with E-state index < -0.39 is 18.0 Å². The van der Waals surface area contributed by atoms with Gasteiger partial charge < -0.3 is 9.47 Å². The summed E-state index contributed by atoms with van der Waals surface area (Å²) in [7, 11) is 1.05. The number of ether oxygens (including phenoxy) is 2. The fourth-order valence-electron chi connectivity index (χ4n) is 1.13. The summed E-state index contributed by atoms with van der Waals surface area (Å²) in [5, 5.41) is 0. The molecule has 17 heavy (non-hydrogen) atoms. The van der Waals surface area contributed by atoms with Crippen LogP contribution >= 0.6 is 0 Å². The third-order valence-electron chi connectivity index (χ3n) is 2.46. The minimum atomic E-state index is -2.93. The molecule has 1 aromatic rings. The first-order valence-corrected chi connectivity index (χ1v) is 5.05. The summed E-state index contributed by atoms with van der Waals surface area (Å²) in [6.45, 7) is 0.955. The van der Waals surface area contributed by atoms with Crippen LogP contribution in [0.4, 0.5) is 8.78 Å². The van der Waals surface area contributed by atoms with Gasteiger partial charge in [-0.1, -0.05) is 30.3 Å². The highest BCUT2D eigenvalue weighted by molar-refractivity contribution is 5.79. The second-order valence-corrected chi connectivity index (χ2v) is 3.67. The number of methoxy groups -OCH3 is 1.